The number of benzene rings is 1. The van der Waals surface area contributed by atoms with Gasteiger partial charge in [0.2, 0.25) is 0 Å². The van der Waals surface area contributed by atoms with Gasteiger partial charge in [0.25, 0.3) is 0 Å². The van der Waals surface area contributed by atoms with Gasteiger partial charge in [0.15, 0.2) is 5.78 Å². The van der Waals surface area contributed by atoms with E-state index in [1.807, 2.05) is 39.0 Å². The van der Waals surface area contributed by atoms with Crippen LogP contribution in [0.4, 0.5) is 0 Å². The number of hydrogen-bond donors (Lipinski definition) is 1. The van der Waals surface area contributed by atoms with Crippen LogP contribution in [-0.2, 0) is 23.9 Å². The van der Waals surface area contributed by atoms with Crippen molar-refractivity contribution in [2.75, 3.05) is 14.2 Å². The minimum atomic E-state index is -0.928. The van der Waals surface area contributed by atoms with E-state index in [4.69, 9.17) is 14.2 Å². The Balaban J connectivity index is 2.21. The fraction of sp³-hybridized carbons (Fsp3) is 0.480. The second-order valence-corrected chi connectivity index (χ2v) is 8.40. The van der Waals surface area contributed by atoms with Crippen LogP contribution < -0.4 is 10.1 Å². The lowest BCUT2D eigenvalue weighted by Gasteiger charge is -2.38. The van der Waals surface area contributed by atoms with E-state index in [0.29, 0.717) is 41.0 Å². The van der Waals surface area contributed by atoms with E-state index in [2.05, 4.69) is 5.32 Å². The van der Waals surface area contributed by atoms with Crippen molar-refractivity contribution in [3.63, 3.8) is 0 Å². The van der Waals surface area contributed by atoms with E-state index >= 15 is 0 Å². The monoisotopic (exact) mass is 441 g/mol. The summed E-state index contributed by atoms with van der Waals surface area (Å²) in [5.74, 6) is -2.73. The van der Waals surface area contributed by atoms with Crippen LogP contribution in [0.2, 0.25) is 0 Å². The summed E-state index contributed by atoms with van der Waals surface area (Å²) in [5, 5.41) is 3.26. The van der Waals surface area contributed by atoms with Gasteiger partial charge in [-0.1, -0.05) is 32.0 Å². The van der Waals surface area contributed by atoms with Crippen molar-refractivity contribution in [2.45, 2.75) is 52.6 Å². The molecule has 2 aliphatic rings. The van der Waals surface area contributed by atoms with Gasteiger partial charge in [-0.2, -0.15) is 0 Å². The first-order chi connectivity index (χ1) is 15.2. The average molecular weight is 442 g/mol. The molecule has 0 fully saturated rings. The van der Waals surface area contributed by atoms with Gasteiger partial charge >= 0.3 is 11.9 Å². The smallest absolute Gasteiger partial charge is 0.337 e. The molecular weight excluding hydrogens is 410 g/mol. The Kier molecular flexibility index (Phi) is 7.06. The molecule has 0 aromatic heterocycles. The standard InChI is InChI=1S/C25H31NO6/c1-7-14(3)32-25(29)20-15(4)26-17-12-13(2)19(24(28)31-6)23(27)22(17)21(20)16-10-8-9-11-18(16)30-5/h8-11,13-14,19,21,26H,7,12H2,1-6H3/t13-,14+,19-,21-/m0/s1. The highest BCUT2D eigenvalue weighted by atomic mass is 16.5. The van der Waals surface area contributed by atoms with Crippen molar-refractivity contribution in [2.24, 2.45) is 11.8 Å². The molecule has 32 heavy (non-hydrogen) atoms. The summed E-state index contributed by atoms with van der Waals surface area (Å²) in [7, 11) is 2.83. The molecule has 1 aliphatic carbocycles. The fourth-order valence-electron chi connectivity index (χ4n) is 4.50. The highest BCUT2D eigenvalue weighted by Gasteiger charge is 2.47. The molecular formula is C25H31NO6. The first kappa shape index (κ1) is 23.6. The molecule has 0 saturated carbocycles. The normalized spacial score (nSPS) is 23.8. The lowest BCUT2D eigenvalue weighted by molar-refractivity contribution is -0.151. The molecule has 0 saturated heterocycles. The Labute approximate surface area is 188 Å². The number of hydrogen-bond acceptors (Lipinski definition) is 7. The number of esters is 2. The number of ketones is 1. The van der Waals surface area contributed by atoms with Crippen LogP contribution in [0.5, 0.6) is 5.75 Å². The lowest BCUT2D eigenvalue weighted by Crippen LogP contribution is -2.43. The number of nitrogens with one attached hydrogen (secondary N) is 1. The molecule has 0 amide bonds. The van der Waals surface area contributed by atoms with Crippen LogP contribution in [-0.4, -0.2) is 38.0 Å². The molecule has 4 atom stereocenters. The van der Waals surface area contributed by atoms with Crippen LogP contribution in [0.1, 0.15) is 52.0 Å². The van der Waals surface area contributed by atoms with Crippen LogP contribution in [0.15, 0.2) is 46.8 Å². The maximum absolute atomic E-state index is 13.7. The van der Waals surface area contributed by atoms with Crippen LogP contribution in [0, 0.1) is 11.8 Å². The number of methoxy groups -OCH3 is 2. The first-order valence-corrected chi connectivity index (χ1v) is 10.9. The zero-order valence-electron chi connectivity index (χ0n) is 19.5. The predicted molar refractivity (Wildman–Crippen MR) is 119 cm³/mol. The third kappa shape index (κ3) is 4.16. The number of para-hydroxylation sites is 1. The largest absolute Gasteiger partial charge is 0.496 e. The number of carbonyl (C=O) groups excluding carboxylic acids is 3. The van der Waals surface area contributed by atoms with E-state index in [-0.39, 0.29) is 17.8 Å². The van der Waals surface area contributed by atoms with Crippen molar-refractivity contribution in [1.29, 1.82) is 0 Å². The van der Waals surface area contributed by atoms with Crippen LogP contribution in [0.3, 0.4) is 0 Å². The summed E-state index contributed by atoms with van der Waals surface area (Å²) in [6, 6.07) is 7.29. The van der Waals surface area contributed by atoms with Crippen molar-refractivity contribution in [3.05, 3.63) is 52.4 Å². The Morgan fingerprint density at radius 3 is 2.53 bits per heavy atom. The van der Waals surface area contributed by atoms with Gasteiger partial charge in [-0.3, -0.25) is 9.59 Å². The number of Topliss-reactive ketones (excluding diaryl/α,β-unsaturated/α-hetero) is 1. The van der Waals surface area contributed by atoms with Crippen LogP contribution in [0.25, 0.3) is 0 Å². The Morgan fingerprint density at radius 1 is 1.22 bits per heavy atom. The van der Waals surface area contributed by atoms with E-state index in [9.17, 15) is 14.4 Å². The quantitative estimate of drug-likeness (QED) is 0.532. The zero-order chi connectivity index (χ0) is 23.6. The van der Waals surface area contributed by atoms with E-state index in [0.717, 1.165) is 5.70 Å². The number of carbonyl (C=O) groups is 3. The Bertz CT molecular complexity index is 992. The molecule has 1 aromatic rings. The van der Waals surface area contributed by atoms with Crippen molar-refractivity contribution in [1.82, 2.24) is 5.32 Å². The highest BCUT2D eigenvalue weighted by molar-refractivity contribution is 6.12. The van der Waals surface area contributed by atoms with E-state index < -0.39 is 23.8 Å². The number of rotatable bonds is 6. The van der Waals surface area contributed by atoms with Crippen molar-refractivity contribution in [3.8, 4) is 5.75 Å². The van der Waals surface area contributed by atoms with Gasteiger partial charge in [0.05, 0.1) is 31.8 Å². The molecule has 172 valence electrons. The summed E-state index contributed by atoms with van der Waals surface area (Å²) in [5.41, 5.74) is 2.76. The summed E-state index contributed by atoms with van der Waals surface area (Å²) in [4.78, 5) is 39.5. The predicted octanol–water partition coefficient (Wildman–Crippen LogP) is 3.65. The minimum Gasteiger partial charge on any atom is -0.496 e. The molecule has 1 heterocycles. The van der Waals surface area contributed by atoms with Crippen molar-refractivity contribution >= 4 is 17.7 Å². The lowest BCUT2D eigenvalue weighted by atomic mass is 9.69. The minimum absolute atomic E-state index is 0.235. The molecule has 1 aromatic carbocycles. The summed E-state index contributed by atoms with van der Waals surface area (Å²) >= 11 is 0. The first-order valence-electron chi connectivity index (χ1n) is 10.9. The highest BCUT2D eigenvalue weighted by Crippen LogP contribution is 2.47. The van der Waals surface area contributed by atoms with E-state index in [1.54, 1.807) is 20.1 Å². The Morgan fingerprint density at radius 2 is 1.91 bits per heavy atom. The molecule has 0 unspecified atom stereocenters. The number of ether oxygens (including phenoxy) is 3. The molecule has 1 aliphatic heterocycles. The topological polar surface area (TPSA) is 90.9 Å². The summed E-state index contributed by atoms with van der Waals surface area (Å²) in [6.07, 6.45) is 0.873. The summed E-state index contributed by atoms with van der Waals surface area (Å²) in [6.45, 7) is 7.42. The van der Waals surface area contributed by atoms with Gasteiger partial charge in [-0.25, -0.2) is 4.79 Å². The van der Waals surface area contributed by atoms with Gasteiger partial charge < -0.3 is 19.5 Å². The number of dihydropyridines is 1. The SMILES string of the molecule is CC[C@@H](C)OC(=O)C1=C(C)NC2=C(C(=O)[C@@H](C(=O)OC)[C@@H](C)C2)[C@H]1c1ccccc1OC. The van der Waals surface area contributed by atoms with Crippen LogP contribution >= 0.6 is 0 Å². The van der Waals surface area contributed by atoms with Crippen molar-refractivity contribution < 1.29 is 28.6 Å². The van der Waals surface area contributed by atoms with Gasteiger partial charge in [-0.05, 0) is 38.7 Å². The molecule has 1 N–H and O–H groups in total. The second-order valence-electron chi connectivity index (χ2n) is 8.40. The third-order valence-corrected chi connectivity index (χ3v) is 6.30. The number of allylic oxidation sites excluding steroid dienone is 3. The summed E-state index contributed by atoms with van der Waals surface area (Å²) < 4.78 is 16.2. The van der Waals surface area contributed by atoms with Gasteiger partial charge in [0.1, 0.15) is 11.7 Å². The molecule has 7 heteroatoms. The maximum atomic E-state index is 13.7. The third-order valence-electron chi connectivity index (χ3n) is 6.30. The molecule has 7 nitrogen and oxygen atoms in total. The Hall–Kier alpha value is -3.09. The maximum Gasteiger partial charge on any atom is 0.337 e. The zero-order valence-corrected chi connectivity index (χ0v) is 19.5. The van der Waals surface area contributed by atoms with E-state index in [1.165, 1.54) is 7.11 Å². The molecule has 0 radical (unpaired) electrons. The average Bonchev–Trinajstić information content (AvgIpc) is 2.77. The second kappa shape index (κ2) is 9.59. The van der Waals surface area contributed by atoms with Gasteiger partial charge in [0, 0.05) is 22.5 Å². The van der Waals surface area contributed by atoms with Gasteiger partial charge in [-0.15, -0.1) is 0 Å². The molecule has 3 rings (SSSR count). The fourth-order valence-corrected chi connectivity index (χ4v) is 4.50. The molecule has 0 bridgehead atoms. The molecule has 0 spiro atoms.